The molecule has 0 unspecified atom stereocenters. The van der Waals surface area contributed by atoms with E-state index in [1.807, 2.05) is 0 Å². The zero-order valence-electron chi connectivity index (χ0n) is 6.34. The molecule has 0 aromatic carbocycles. The molecule has 0 aromatic heterocycles. The molecule has 1 saturated heterocycles. The Balaban J connectivity index is 2.66. The Morgan fingerprint density at radius 1 is 1.42 bits per heavy atom. The number of carbonyl (C=O) groups excluding carboxylic acids is 1. The molecular formula is C6H12N2O4. The number of primary amides is 1. The normalized spacial score (nSPS) is 41.6. The van der Waals surface area contributed by atoms with Crippen molar-refractivity contribution in [2.24, 2.45) is 5.73 Å². The van der Waals surface area contributed by atoms with Crippen LogP contribution >= 0.6 is 0 Å². The molecule has 4 atom stereocenters. The molecule has 0 spiro atoms. The SMILES string of the molecule is NC(=O)[C@@H]1N[C@H](CO)[C@H](O)[C@@H]1O. The number of nitrogens with two attached hydrogens (primary N) is 1. The van der Waals surface area contributed by atoms with E-state index in [4.69, 9.17) is 10.8 Å². The van der Waals surface area contributed by atoms with Crippen molar-refractivity contribution in [2.75, 3.05) is 6.61 Å². The summed E-state index contributed by atoms with van der Waals surface area (Å²) >= 11 is 0. The van der Waals surface area contributed by atoms with Crippen molar-refractivity contribution in [3.8, 4) is 0 Å². The number of aliphatic hydroxyl groups excluding tert-OH is 3. The predicted molar refractivity (Wildman–Crippen MR) is 39.0 cm³/mol. The Labute approximate surface area is 69.0 Å². The largest absolute Gasteiger partial charge is 0.395 e. The highest BCUT2D eigenvalue weighted by Crippen LogP contribution is 2.13. The molecule has 6 N–H and O–H groups in total. The fraction of sp³-hybridized carbons (Fsp3) is 0.833. The molecule has 0 radical (unpaired) electrons. The maximum atomic E-state index is 10.6. The number of carbonyl (C=O) groups is 1. The molecule has 1 rings (SSSR count). The van der Waals surface area contributed by atoms with Crippen LogP contribution in [0, 0.1) is 0 Å². The molecule has 0 aliphatic carbocycles. The zero-order chi connectivity index (χ0) is 9.30. The van der Waals surface area contributed by atoms with Gasteiger partial charge < -0.3 is 21.1 Å². The first-order chi connectivity index (χ1) is 5.57. The number of hydrogen-bond acceptors (Lipinski definition) is 5. The number of aliphatic hydroxyl groups is 3. The minimum absolute atomic E-state index is 0.345. The second kappa shape index (κ2) is 3.36. The van der Waals surface area contributed by atoms with E-state index in [1.54, 1.807) is 0 Å². The van der Waals surface area contributed by atoms with Gasteiger partial charge in [0.2, 0.25) is 5.91 Å². The predicted octanol–water partition coefficient (Wildman–Crippen LogP) is -3.47. The highest BCUT2D eigenvalue weighted by atomic mass is 16.3. The first kappa shape index (κ1) is 9.40. The van der Waals surface area contributed by atoms with Gasteiger partial charge in [-0.25, -0.2) is 0 Å². The molecule has 6 heteroatoms. The summed E-state index contributed by atoms with van der Waals surface area (Å²) in [5.74, 6) is -0.738. The molecule has 12 heavy (non-hydrogen) atoms. The third-order valence-electron chi connectivity index (χ3n) is 2.00. The fourth-order valence-electron chi connectivity index (χ4n) is 1.27. The molecule has 1 aliphatic rings. The maximum absolute atomic E-state index is 10.6. The van der Waals surface area contributed by atoms with Gasteiger partial charge in [-0.1, -0.05) is 0 Å². The summed E-state index contributed by atoms with van der Waals surface area (Å²) in [5, 5.41) is 29.6. The summed E-state index contributed by atoms with van der Waals surface area (Å²) in [4.78, 5) is 10.6. The van der Waals surface area contributed by atoms with Crippen LogP contribution in [0.5, 0.6) is 0 Å². The lowest BCUT2D eigenvalue weighted by Gasteiger charge is -2.12. The first-order valence-corrected chi connectivity index (χ1v) is 3.60. The summed E-state index contributed by atoms with van der Waals surface area (Å²) in [6.07, 6.45) is -2.38. The highest BCUT2D eigenvalue weighted by molar-refractivity contribution is 5.81. The minimum Gasteiger partial charge on any atom is -0.395 e. The molecule has 1 fully saturated rings. The number of nitrogens with one attached hydrogen (secondary N) is 1. The van der Waals surface area contributed by atoms with E-state index >= 15 is 0 Å². The monoisotopic (exact) mass is 176 g/mol. The molecule has 70 valence electrons. The summed E-state index contributed by atoms with van der Waals surface area (Å²) in [6.45, 7) is -0.345. The van der Waals surface area contributed by atoms with Gasteiger partial charge in [0.1, 0.15) is 12.1 Å². The van der Waals surface area contributed by atoms with Crippen LogP contribution in [0.25, 0.3) is 0 Å². The lowest BCUT2D eigenvalue weighted by molar-refractivity contribution is -0.122. The van der Waals surface area contributed by atoms with Crippen molar-refractivity contribution < 1.29 is 20.1 Å². The van der Waals surface area contributed by atoms with E-state index in [0.717, 1.165) is 0 Å². The van der Waals surface area contributed by atoms with E-state index in [-0.39, 0.29) is 6.61 Å². The average Bonchev–Trinajstić information content (AvgIpc) is 2.30. The molecule has 0 bridgehead atoms. The van der Waals surface area contributed by atoms with E-state index < -0.39 is 30.2 Å². The van der Waals surface area contributed by atoms with Gasteiger partial charge in [0.15, 0.2) is 0 Å². The molecule has 1 amide bonds. The fourth-order valence-corrected chi connectivity index (χ4v) is 1.27. The van der Waals surface area contributed by atoms with Crippen molar-refractivity contribution in [3.05, 3.63) is 0 Å². The van der Waals surface area contributed by atoms with Crippen molar-refractivity contribution in [2.45, 2.75) is 24.3 Å². The number of amides is 1. The van der Waals surface area contributed by atoms with Gasteiger partial charge in [0, 0.05) is 0 Å². The average molecular weight is 176 g/mol. The van der Waals surface area contributed by atoms with Crippen LogP contribution in [0.3, 0.4) is 0 Å². The Kier molecular flexibility index (Phi) is 2.63. The van der Waals surface area contributed by atoms with Gasteiger partial charge in [-0.2, -0.15) is 0 Å². The van der Waals surface area contributed by atoms with Crippen LogP contribution in [0.15, 0.2) is 0 Å². The summed E-state index contributed by atoms with van der Waals surface area (Å²) < 4.78 is 0. The summed E-state index contributed by atoms with van der Waals surface area (Å²) in [6, 6.07) is -1.66. The van der Waals surface area contributed by atoms with Crippen LogP contribution in [-0.2, 0) is 4.79 Å². The number of hydrogen-bond donors (Lipinski definition) is 5. The maximum Gasteiger partial charge on any atom is 0.237 e. The lowest BCUT2D eigenvalue weighted by Crippen LogP contribution is -2.45. The molecule has 1 heterocycles. The van der Waals surface area contributed by atoms with E-state index in [0.29, 0.717) is 0 Å². The van der Waals surface area contributed by atoms with Crippen molar-refractivity contribution >= 4 is 5.91 Å². The van der Waals surface area contributed by atoms with Gasteiger partial charge in [0.05, 0.1) is 18.8 Å². The molecule has 1 aliphatic heterocycles. The summed E-state index contributed by atoms with van der Waals surface area (Å²) in [7, 11) is 0. The Morgan fingerprint density at radius 3 is 2.25 bits per heavy atom. The van der Waals surface area contributed by atoms with Crippen molar-refractivity contribution in [3.63, 3.8) is 0 Å². The van der Waals surface area contributed by atoms with Gasteiger partial charge >= 0.3 is 0 Å². The Bertz CT molecular complexity index is 186. The molecular weight excluding hydrogens is 164 g/mol. The second-order valence-electron chi connectivity index (χ2n) is 2.82. The van der Waals surface area contributed by atoms with Crippen molar-refractivity contribution in [1.82, 2.24) is 5.32 Å². The lowest BCUT2D eigenvalue weighted by atomic mass is 10.1. The first-order valence-electron chi connectivity index (χ1n) is 3.60. The Hall–Kier alpha value is -0.690. The zero-order valence-corrected chi connectivity index (χ0v) is 6.34. The minimum atomic E-state index is -1.24. The van der Waals surface area contributed by atoms with E-state index in [1.165, 1.54) is 0 Å². The number of rotatable bonds is 2. The van der Waals surface area contributed by atoms with Gasteiger partial charge in [-0.05, 0) is 0 Å². The smallest absolute Gasteiger partial charge is 0.237 e. The van der Waals surface area contributed by atoms with Crippen LogP contribution in [0.2, 0.25) is 0 Å². The standard InChI is InChI=1S/C6H12N2O4/c7-6(12)3-5(11)4(10)2(1-9)8-3/h2-5,8-11H,1H2,(H2,7,12)/t2-,3-,4+,5-/m1/s1. The third kappa shape index (κ3) is 1.42. The van der Waals surface area contributed by atoms with Crippen LogP contribution in [0.4, 0.5) is 0 Å². The van der Waals surface area contributed by atoms with E-state index in [2.05, 4.69) is 5.32 Å². The summed E-state index contributed by atoms with van der Waals surface area (Å²) in [5.41, 5.74) is 4.91. The van der Waals surface area contributed by atoms with Crippen LogP contribution in [-0.4, -0.2) is 52.1 Å². The Morgan fingerprint density at radius 2 is 2.00 bits per heavy atom. The van der Waals surface area contributed by atoms with Crippen LogP contribution in [0.1, 0.15) is 0 Å². The molecule has 0 saturated carbocycles. The third-order valence-corrected chi connectivity index (χ3v) is 2.00. The quantitative estimate of drug-likeness (QED) is 0.300. The van der Waals surface area contributed by atoms with Gasteiger partial charge in [-0.3, -0.25) is 10.1 Å². The molecule has 0 aromatic rings. The van der Waals surface area contributed by atoms with Gasteiger partial charge in [-0.15, -0.1) is 0 Å². The highest BCUT2D eigenvalue weighted by Gasteiger charge is 2.43. The van der Waals surface area contributed by atoms with E-state index in [9.17, 15) is 15.0 Å². The van der Waals surface area contributed by atoms with Crippen molar-refractivity contribution in [1.29, 1.82) is 0 Å². The van der Waals surface area contributed by atoms with Gasteiger partial charge in [0.25, 0.3) is 0 Å². The topological polar surface area (TPSA) is 116 Å². The van der Waals surface area contributed by atoms with Crippen LogP contribution < -0.4 is 11.1 Å². The second-order valence-corrected chi connectivity index (χ2v) is 2.82. The molecule has 6 nitrogen and oxygen atoms in total.